The van der Waals surface area contributed by atoms with Gasteiger partial charge in [-0.3, -0.25) is 19.3 Å². The normalized spacial score (nSPS) is 12.9. The van der Waals surface area contributed by atoms with Crippen molar-refractivity contribution < 1.29 is 14.3 Å². The Hall–Kier alpha value is -3.68. The van der Waals surface area contributed by atoms with Crippen LogP contribution in [0.15, 0.2) is 42.6 Å². The van der Waals surface area contributed by atoms with Crippen LogP contribution in [0.2, 0.25) is 0 Å². The molecule has 8 nitrogen and oxygen atoms in total. The number of hydrogen-bond acceptors (Lipinski definition) is 5. The van der Waals surface area contributed by atoms with E-state index in [-0.39, 0.29) is 18.2 Å². The summed E-state index contributed by atoms with van der Waals surface area (Å²) in [4.78, 5) is 31.6. The summed E-state index contributed by atoms with van der Waals surface area (Å²) in [5, 5.41) is 7.31. The summed E-state index contributed by atoms with van der Waals surface area (Å²) in [7, 11) is 1.83. The van der Waals surface area contributed by atoms with Crippen LogP contribution < -0.4 is 10.1 Å². The van der Waals surface area contributed by atoms with E-state index in [9.17, 15) is 9.59 Å². The molecule has 3 aromatic rings. The first-order valence-corrected chi connectivity index (χ1v) is 11.1. The molecule has 1 aromatic carbocycles. The van der Waals surface area contributed by atoms with E-state index in [0.717, 1.165) is 34.7 Å². The summed E-state index contributed by atoms with van der Waals surface area (Å²) in [5.74, 6) is 0.613. The average Bonchev–Trinajstić information content (AvgIpc) is 3.16. The van der Waals surface area contributed by atoms with Gasteiger partial charge in [-0.2, -0.15) is 5.10 Å². The third kappa shape index (κ3) is 5.22. The molecule has 0 radical (unpaired) electrons. The highest BCUT2D eigenvalue weighted by Gasteiger charge is 2.26. The highest BCUT2D eigenvalue weighted by atomic mass is 16.5. The van der Waals surface area contributed by atoms with Gasteiger partial charge in [-0.25, -0.2) is 0 Å². The van der Waals surface area contributed by atoms with Crippen molar-refractivity contribution in [1.82, 2.24) is 25.0 Å². The molecule has 0 aliphatic carbocycles. The number of carbonyl (C=O) groups is 2. The molecule has 3 heterocycles. The van der Waals surface area contributed by atoms with Crippen molar-refractivity contribution in [3.63, 3.8) is 0 Å². The van der Waals surface area contributed by atoms with E-state index in [2.05, 4.69) is 15.4 Å². The number of hydrogen-bond donors (Lipinski definition) is 1. The lowest BCUT2D eigenvalue weighted by molar-refractivity contribution is -0.121. The van der Waals surface area contributed by atoms with E-state index in [4.69, 9.17) is 4.74 Å². The minimum absolute atomic E-state index is 0.0685. The predicted octanol–water partition coefficient (Wildman–Crippen LogP) is 2.72. The van der Waals surface area contributed by atoms with E-state index in [1.165, 1.54) is 5.56 Å². The number of ether oxygens (including phenoxy) is 1. The summed E-state index contributed by atoms with van der Waals surface area (Å²) >= 11 is 0. The van der Waals surface area contributed by atoms with Gasteiger partial charge < -0.3 is 15.0 Å². The van der Waals surface area contributed by atoms with E-state index >= 15 is 0 Å². The van der Waals surface area contributed by atoms with Crippen LogP contribution in [0, 0.1) is 13.8 Å². The van der Waals surface area contributed by atoms with Crippen molar-refractivity contribution in [3.8, 4) is 5.75 Å². The maximum Gasteiger partial charge on any atom is 0.274 e. The molecule has 2 aromatic heterocycles. The lowest BCUT2D eigenvalue weighted by atomic mass is 9.94. The monoisotopic (exact) mass is 447 g/mol. The number of rotatable bonds is 7. The molecule has 8 heteroatoms. The van der Waals surface area contributed by atoms with Crippen LogP contribution in [0.5, 0.6) is 5.75 Å². The number of nitrogens with zero attached hydrogens (tertiary/aromatic N) is 4. The van der Waals surface area contributed by atoms with Crippen LogP contribution in [0.4, 0.5) is 0 Å². The Morgan fingerprint density at radius 2 is 1.97 bits per heavy atom. The van der Waals surface area contributed by atoms with Gasteiger partial charge in [0.15, 0.2) is 5.69 Å². The fraction of sp³-hybridized carbons (Fsp3) is 0.360. The van der Waals surface area contributed by atoms with Crippen LogP contribution in [-0.2, 0) is 31.4 Å². The maximum atomic E-state index is 12.9. The molecule has 0 spiro atoms. The lowest BCUT2D eigenvalue weighted by Gasteiger charge is -2.30. The summed E-state index contributed by atoms with van der Waals surface area (Å²) in [6, 6.07) is 11.3. The second kappa shape index (κ2) is 9.85. The molecule has 0 bridgehead atoms. The quantitative estimate of drug-likeness (QED) is 0.602. The second-order valence-electron chi connectivity index (χ2n) is 8.29. The van der Waals surface area contributed by atoms with Crippen LogP contribution in [-0.4, -0.2) is 44.6 Å². The van der Waals surface area contributed by atoms with Crippen LogP contribution in [0.25, 0.3) is 0 Å². The minimum Gasteiger partial charge on any atom is -0.493 e. The first-order chi connectivity index (χ1) is 15.9. The summed E-state index contributed by atoms with van der Waals surface area (Å²) in [6.07, 6.45) is 2.84. The van der Waals surface area contributed by atoms with E-state index in [0.29, 0.717) is 31.9 Å². The van der Waals surface area contributed by atoms with Gasteiger partial charge in [-0.15, -0.1) is 0 Å². The fourth-order valence-electron chi connectivity index (χ4n) is 4.01. The van der Waals surface area contributed by atoms with Gasteiger partial charge in [-0.1, -0.05) is 18.2 Å². The molecule has 172 valence electrons. The molecular formula is C25H29N5O3. The Kier molecular flexibility index (Phi) is 6.72. The Morgan fingerprint density at radius 3 is 2.70 bits per heavy atom. The van der Waals surface area contributed by atoms with Crippen molar-refractivity contribution in [3.05, 3.63) is 76.4 Å². The topological polar surface area (TPSA) is 89.4 Å². The molecule has 4 rings (SSSR count). The summed E-state index contributed by atoms with van der Waals surface area (Å²) in [5.41, 5.74) is 5.53. The zero-order valence-corrected chi connectivity index (χ0v) is 19.3. The zero-order chi connectivity index (χ0) is 23.4. The number of benzene rings is 1. The number of pyridine rings is 1. The number of carbonyl (C=O) groups excluding carboxylic acids is 2. The number of para-hydroxylation sites is 1. The largest absolute Gasteiger partial charge is 0.493 e. The molecule has 33 heavy (non-hydrogen) atoms. The number of amides is 2. The highest BCUT2D eigenvalue weighted by molar-refractivity contribution is 5.92. The summed E-state index contributed by atoms with van der Waals surface area (Å²) < 4.78 is 7.32. The molecular weight excluding hydrogens is 418 g/mol. The van der Waals surface area contributed by atoms with Crippen LogP contribution >= 0.6 is 0 Å². The second-order valence-corrected chi connectivity index (χ2v) is 8.29. The Morgan fingerprint density at radius 1 is 1.18 bits per heavy atom. The van der Waals surface area contributed by atoms with Gasteiger partial charge in [0, 0.05) is 44.3 Å². The molecule has 0 saturated carbocycles. The van der Waals surface area contributed by atoms with Crippen molar-refractivity contribution >= 4 is 11.8 Å². The molecule has 0 unspecified atom stereocenters. The molecule has 1 aliphatic rings. The first kappa shape index (κ1) is 22.5. The van der Waals surface area contributed by atoms with E-state index in [1.54, 1.807) is 4.68 Å². The molecule has 0 fully saturated rings. The van der Waals surface area contributed by atoms with Gasteiger partial charge in [-0.05, 0) is 55.2 Å². The molecule has 0 atom stereocenters. The fourth-order valence-corrected chi connectivity index (χ4v) is 4.01. The molecule has 2 amide bonds. The predicted molar refractivity (Wildman–Crippen MR) is 124 cm³/mol. The third-order valence-electron chi connectivity index (χ3n) is 6.02. The van der Waals surface area contributed by atoms with Crippen molar-refractivity contribution in [2.75, 3.05) is 13.2 Å². The van der Waals surface area contributed by atoms with Crippen LogP contribution in [0.3, 0.4) is 0 Å². The number of fused-ring (bicyclic) bond motifs is 1. The number of aryl methyl sites for hydroxylation is 3. The standard InChI is InChI=1S/C25H29N5O3/c1-17-13-23(28-29(17)3)25(32)30-11-9-21-19(16-30)14-26-18(2)22(21)15-27-24(31)10-12-33-20-7-5-4-6-8-20/h4-8,13-14H,9-12,15-16H2,1-3H3,(H,27,31). The Bertz CT molecular complexity index is 1140. The van der Waals surface area contributed by atoms with Gasteiger partial charge >= 0.3 is 0 Å². The summed E-state index contributed by atoms with van der Waals surface area (Å²) in [6.45, 7) is 5.72. The lowest BCUT2D eigenvalue weighted by Crippen LogP contribution is -2.37. The first-order valence-electron chi connectivity index (χ1n) is 11.1. The van der Waals surface area contributed by atoms with Crippen molar-refractivity contribution in [2.45, 2.75) is 39.8 Å². The number of aromatic nitrogens is 3. The molecule has 1 N–H and O–H groups in total. The van der Waals surface area contributed by atoms with Crippen LogP contribution in [0.1, 0.15) is 45.0 Å². The molecule has 0 saturated heterocycles. The van der Waals surface area contributed by atoms with Gasteiger partial charge in [0.25, 0.3) is 5.91 Å². The van der Waals surface area contributed by atoms with Gasteiger partial charge in [0.2, 0.25) is 5.91 Å². The van der Waals surface area contributed by atoms with Gasteiger partial charge in [0.1, 0.15) is 5.75 Å². The van der Waals surface area contributed by atoms with E-state index < -0.39 is 0 Å². The Balaban J connectivity index is 1.36. The average molecular weight is 448 g/mol. The minimum atomic E-state index is -0.0711. The van der Waals surface area contributed by atoms with Gasteiger partial charge in [0.05, 0.1) is 13.0 Å². The highest BCUT2D eigenvalue weighted by Crippen LogP contribution is 2.25. The third-order valence-corrected chi connectivity index (χ3v) is 6.02. The zero-order valence-electron chi connectivity index (χ0n) is 19.3. The van der Waals surface area contributed by atoms with E-state index in [1.807, 2.05) is 68.4 Å². The Labute approximate surface area is 193 Å². The van der Waals surface area contributed by atoms with Crippen molar-refractivity contribution in [1.29, 1.82) is 0 Å². The van der Waals surface area contributed by atoms with Crippen molar-refractivity contribution in [2.24, 2.45) is 7.05 Å². The molecule has 1 aliphatic heterocycles. The smallest absolute Gasteiger partial charge is 0.274 e. The number of nitrogens with one attached hydrogen (secondary N) is 1. The maximum absolute atomic E-state index is 12.9. The SMILES string of the molecule is Cc1ncc2c(c1CNC(=O)CCOc1ccccc1)CCN(C(=O)c1cc(C)n(C)n1)C2.